The highest BCUT2D eigenvalue weighted by molar-refractivity contribution is 5.99. The highest BCUT2D eigenvalue weighted by atomic mass is 16.6. The number of esters is 1. The molecule has 0 unspecified atom stereocenters. The number of carbonyl (C=O) groups excluding carboxylic acids is 1. The molecule has 0 N–H and O–H groups in total. The fourth-order valence-electron chi connectivity index (χ4n) is 2.05. The summed E-state index contributed by atoms with van der Waals surface area (Å²) >= 11 is 0. The van der Waals surface area contributed by atoms with Gasteiger partial charge < -0.3 is 14.1 Å². The Kier molecular flexibility index (Phi) is 7.46. The summed E-state index contributed by atoms with van der Waals surface area (Å²) in [5.41, 5.74) is 1.67. The maximum absolute atomic E-state index is 11.2. The summed E-state index contributed by atoms with van der Waals surface area (Å²) in [6.45, 7) is 3.22. The second kappa shape index (κ2) is 10.1. The van der Waals surface area contributed by atoms with E-state index in [1.54, 1.807) is 31.8 Å². The molecule has 0 aliphatic rings. The summed E-state index contributed by atoms with van der Waals surface area (Å²) in [6.07, 6.45) is 10.7. The van der Waals surface area contributed by atoms with Crippen molar-refractivity contribution in [2.75, 3.05) is 13.2 Å². The van der Waals surface area contributed by atoms with E-state index in [0.29, 0.717) is 26.2 Å². The first-order chi connectivity index (χ1) is 11.8. The van der Waals surface area contributed by atoms with Crippen LogP contribution in [-0.4, -0.2) is 39.4 Å². The van der Waals surface area contributed by atoms with Crippen molar-refractivity contribution in [3.63, 3.8) is 0 Å². The van der Waals surface area contributed by atoms with Crippen LogP contribution in [0, 0.1) is 0 Å². The predicted molar refractivity (Wildman–Crippen MR) is 89.4 cm³/mol. The largest absolute Gasteiger partial charge is 0.466 e. The van der Waals surface area contributed by atoms with Gasteiger partial charge in [-0.2, -0.15) is 0 Å². The van der Waals surface area contributed by atoms with E-state index in [1.807, 2.05) is 22.9 Å². The maximum atomic E-state index is 11.2. The lowest BCUT2D eigenvalue weighted by molar-refractivity contribution is -0.143. The van der Waals surface area contributed by atoms with Gasteiger partial charge in [0.25, 0.3) is 0 Å². The molecule has 0 aliphatic heterocycles. The number of oxime groups is 1. The molecule has 0 bridgehead atoms. The first kappa shape index (κ1) is 17.7. The zero-order valence-corrected chi connectivity index (χ0v) is 13.8. The van der Waals surface area contributed by atoms with E-state index in [2.05, 4.69) is 15.1 Å². The SMILES string of the molecule is CCOC(=O)CCCCO/N=C(\Cn1ccnc1)c1cccnc1. The Labute approximate surface area is 141 Å². The molecule has 0 aromatic carbocycles. The van der Waals surface area contributed by atoms with Crippen LogP contribution in [0.25, 0.3) is 0 Å². The molecular weight excluding hydrogens is 308 g/mol. The lowest BCUT2D eigenvalue weighted by atomic mass is 10.2. The molecule has 0 amide bonds. The van der Waals surface area contributed by atoms with Crippen molar-refractivity contribution < 1.29 is 14.4 Å². The number of hydrogen-bond acceptors (Lipinski definition) is 6. The molecule has 0 radical (unpaired) electrons. The van der Waals surface area contributed by atoms with Gasteiger partial charge in [0, 0.05) is 36.8 Å². The van der Waals surface area contributed by atoms with Gasteiger partial charge >= 0.3 is 5.97 Å². The summed E-state index contributed by atoms with van der Waals surface area (Å²) in [4.78, 5) is 24.8. The number of unbranched alkanes of at least 4 members (excludes halogenated alkanes) is 1. The number of carbonyl (C=O) groups is 1. The number of pyridine rings is 1. The third kappa shape index (κ3) is 6.20. The second-order valence-corrected chi connectivity index (χ2v) is 5.11. The Bertz CT molecular complexity index is 627. The molecule has 2 rings (SSSR count). The summed E-state index contributed by atoms with van der Waals surface area (Å²) < 4.78 is 6.79. The van der Waals surface area contributed by atoms with E-state index in [1.165, 1.54) is 0 Å². The number of imidazole rings is 1. The van der Waals surface area contributed by atoms with Gasteiger partial charge in [-0.05, 0) is 31.9 Å². The van der Waals surface area contributed by atoms with Crippen LogP contribution < -0.4 is 0 Å². The van der Waals surface area contributed by atoms with Crippen LogP contribution in [0.15, 0.2) is 48.4 Å². The molecule has 7 nitrogen and oxygen atoms in total. The third-order valence-corrected chi connectivity index (χ3v) is 3.23. The van der Waals surface area contributed by atoms with Crippen LogP contribution in [0.5, 0.6) is 0 Å². The van der Waals surface area contributed by atoms with Gasteiger partial charge in [-0.1, -0.05) is 5.16 Å². The highest BCUT2D eigenvalue weighted by Gasteiger charge is 2.06. The number of hydrogen-bond donors (Lipinski definition) is 0. The molecule has 2 heterocycles. The van der Waals surface area contributed by atoms with Crippen molar-refractivity contribution in [3.8, 4) is 0 Å². The molecule has 128 valence electrons. The average molecular weight is 330 g/mol. The van der Waals surface area contributed by atoms with E-state index >= 15 is 0 Å². The average Bonchev–Trinajstić information content (AvgIpc) is 3.11. The van der Waals surface area contributed by atoms with Crippen LogP contribution in [0.4, 0.5) is 0 Å². The van der Waals surface area contributed by atoms with E-state index in [9.17, 15) is 4.79 Å². The third-order valence-electron chi connectivity index (χ3n) is 3.23. The normalized spacial score (nSPS) is 11.3. The Morgan fingerprint density at radius 1 is 1.29 bits per heavy atom. The highest BCUT2D eigenvalue weighted by Crippen LogP contribution is 2.04. The topological polar surface area (TPSA) is 78.6 Å². The summed E-state index contributed by atoms with van der Waals surface area (Å²) in [5, 5.41) is 4.23. The smallest absolute Gasteiger partial charge is 0.305 e. The van der Waals surface area contributed by atoms with Crippen LogP contribution in [0.2, 0.25) is 0 Å². The molecule has 0 saturated carbocycles. The molecule has 0 spiro atoms. The molecule has 0 fully saturated rings. The quantitative estimate of drug-likeness (QED) is 0.289. The number of aromatic nitrogens is 3. The van der Waals surface area contributed by atoms with Gasteiger partial charge in [-0.25, -0.2) is 4.98 Å². The zero-order chi connectivity index (χ0) is 17.0. The van der Waals surface area contributed by atoms with Crippen molar-refractivity contribution in [2.45, 2.75) is 32.7 Å². The molecular formula is C17H22N4O3. The first-order valence-corrected chi connectivity index (χ1v) is 8.00. The van der Waals surface area contributed by atoms with Gasteiger partial charge in [0.05, 0.1) is 19.5 Å². The van der Waals surface area contributed by atoms with E-state index in [4.69, 9.17) is 9.57 Å². The van der Waals surface area contributed by atoms with E-state index in [0.717, 1.165) is 24.1 Å². The standard InChI is InChI=1S/C17H22N4O3/c1-2-23-17(22)7-3-4-11-24-20-16(13-21-10-9-19-14-21)15-6-5-8-18-12-15/h5-6,8-10,12,14H,2-4,7,11,13H2,1H3/b20-16+. The van der Waals surface area contributed by atoms with Crippen molar-refractivity contribution in [1.82, 2.24) is 14.5 Å². The fourth-order valence-corrected chi connectivity index (χ4v) is 2.05. The monoisotopic (exact) mass is 330 g/mol. The second-order valence-electron chi connectivity index (χ2n) is 5.11. The van der Waals surface area contributed by atoms with Gasteiger partial charge in [0.15, 0.2) is 0 Å². The minimum absolute atomic E-state index is 0.169. The molecule has 0 saturated heterocycles. The molecule has 0 aliphatic carbocycles. The molecule has 0 atom stereocenters. The predicted octanol–water partition coefficient (Wildman–Crippen LogP) is 2.43. The van der Waals surface area contributed by atoms with Gasteiger partial charge in [-0.3, -0.25) is 9.78 Å². The lowest BCUT2D eigenvalue weighted by Crippen LogP contribution is -2.12. The fraction of sp³-hybridized carbons (Fsp3) is 0.412. The van der Waals surface area contributed by atoms with Gasteiger partial charge in [0.2, 0.25) is 0 Å². The van der Waals surface area contributed by atoms with Gasteiger partial charge in [-0.15, -0.1) is 0 Å². The molecule has 24 heavy (non-hydrogen) atoms. The van der Waals surface area contributed by atoms with Crippen molar-refractivity contribution >= 4 is 11.7 Å². The summed E-state index contributed by atoms with van der Waals surface area (Å²) in [5.74, 6) is -0.169. The van der Waals surface area contributed by atoms with E-state index < -0.39 is 0 Å². The maximum Gasteiger partial charge on any atom is 0.305 e. The van der Waals surface area contributed by atoms with Crippen LogP contribution in [0.1, 0.15) is 31.7 Å². The van der Waals surface area contributed by atoms with Gasteiger partial charge in [0.1, 0.15) is 12.3 Å². The van der Waals surface area contributed by atoms with E-state index in [-0.39, 0.29) is 5.97 Å². The van der Waals surface area contributed by atoms with Crippen molar-refractivity contribution in [1.29, 1.82) is 0 Å². The van der Waals surface area contributed by atoms with Crippen molar-refractivity contribution in [3.05, 3.63) is 48.8 Å². The van der Waals surface area contributed by atoms with Crippen LogP contribution >= 0.6 is 0 Å². The lowest BCUT2D eigenvalue weighted by Gasteiger charge is -2.07. The Hall–Kier alpha value is -2.70. The Balaban J connectivity index is 1.83. The minimum atomic E-state index is -0.169. The number of rotatable bonds is 10. The summed E-state index contributed by atoms with van der Waals surface area (Å²) in [7, 11) is 0. The molecule has 2 aromatic rings. The van der Waals surface area contributed by atoms with Crippen molar-refractivity contribution in [2.24, 2.45) is 5.16 Å². The first-order valence-electron chi connectivity index (χ1n) is 8.00. The summed E-state index contributed by atoms with van der Waals surface area (Å²) in [6, 6.07) is 3.80. The number of nitrogens with zero attached hydrogens (tertiary/aromatic N) is 4. The zero-order valence-electron chi connectivity index (χ0n) is 13.8. The van der Waals surface area contributed by atoms with Crippen LogP contribution in [0.3, 0.4) is 0 Å². The minimum Gasteiger partial charge on any atom is -0.466 e. The molecule has 7 heteroatoms. The number of ether oxygens (including phenoxy) is 1. The Morgan fingerprint density at radius 3 is 2.92 bits per heavy atom. The van der Waals surface area contributed by atoms with Crippen LogP contribution in [-0.2, 0) is 20.9 Å². The molecule has 2 aromatic heterocycles. The Morgan fingerprint density at radius 2 is 2.21 bits per heavy atom.